The number of nitrogens with zero attached hydrogens (tertiary/aromatic N) is 1. The van der Waals surface area contributed by atoms with E-state index < -0.39 is 0 Å². The van der Waals surface area contributed by atoms with Crippen LogP contribution in [-0.2, 0) is 4.79 Å². The molecule has 0 fully saturated rings. The van der Waals surface area contributed by atoms with Crippen molar-refractivity contribution in [2.24, 2.45) is 0 Å². The molecular weight excluding hydrogens is 316 g/mol. The Labute approximate surface area is 149 Å². The van der Waals surface area contributed by atoms with Gasteiger partial charge < -0.3 is 5.32 Å². The molecule has 1 aromatic carbocycles. The van der Waals surface area contributed by atoms with E-state index in [2.05, 4.69) is 61.0 Å². The molecule has 1 aromatic heterocycles. The number of aryl methyl sites for hydroxylation is 1. The molecule has 0 aliphatic rings. The topological polar surface area (TPSA) is 32.3 Å². The quantitative estimate of drug-likeness (QED) is 0.731. The van der Waals surface area contributed by atoms with E-state index in [9.17, 15) is 4.79 Å². The molecule has 1 unspecified atom stereocenters. The standard InChI is InChI=1S/C20H26N2OS/c1-5-22(13-15(2)3)14-19(23)21-20(18-7-6-12-24-18)17-10-8-16(4)9-11-17/h6-12,20H,2,5,13-14H2,1,3-4H3,(H,21,23). The van der Waals surface area contributed by atoms with E-state index in [-0.39, 0.29) is 11.9 Å². The van der Waals surface area contributed by atoms with Crippen LogP contribution >= 0.6 is 11.3 Å². The molecule has 2 aromatic rings. The van der Waals surface area contributed by atoms with E-state index in [1.54, 1.807) is 11.3 Å². The lowest BCUT2D eigenvalue weighted by Gasteiger charge is -2.23. The Balaban J connectivity index is 2.12. The molecule has 1 N–H and O–H groups in total. The summed E-state index contributed by atoms with van der Waals surface area (Å²) in [6.07, 6.45) is 0. The van der Waals surface area contributed by atoms with Crippen LogP contribution in [0.5, 0.6) is 0 Å². The fourth-order valence-corrected chi connectivity index (χ4v) is 3.41. The zero-order valence-electron chi connectivity index (χ0n) is 14.7. The van der Waals surface area contributed by atoms with Crippen LogP contribution in [-0.4, -0.2) is 30.4 Å². The number of likely N-dealkylation sites (N-methyl/N-ethyl adjacent to an activating group) is 1. The molecule has 0 saturated carbocycles. The van der Waals surface area contributed by atoms with Crippen molar-refractivity contribution in [3.63, 3.8) is 0 Å². The summed E-state index contributed by atoms with van der Waals surface area (Å²) in [5.74, 6) is 0.0390. The van der Waals surface area contributed by atoms with Gasteiger partial charge in [-0.25, -0.2) is 0 Å². The largest absolute Gasteiger partial charge is 0.343 e. The van der Waals surface area contributed by atoms with E-state index in [0.717, 1.165) is 29.1 Å². The van der Waals surface area contributed by atoms with Gasteiger partial charge >= 0.3 is 0 Å². The highest BCUT2D eigenvalue weighted by Gasteiger charge is 2.19. The maximum absolute atomic E-state index is 12.6. The summed E-state index contributed by atoms with van der Waals surface area (Å²) in [5, 5.41) is 5.24. The van der Waals surface area contributed by atoms with Crippen molar-refractivity contribution >= 4 is 17.2 Å². The predicted octanol–water partition coefficient (Wildman–Crippen LogP) is 4.16. The Kier molecular flexibility index (Phi) is 6.76. The minimum Gasteiger partial charge on any atom is -0.343 e. The second-order valence-electron chi connectivity index (χ2n) is 6.19. The molecule has 3 nitrogen and oxygen atoms in total. The molecular formula is C20H26N2OS. The average molecular weight is 343 g/mol. The minimum atomic E-state index is -0.0957. The third kappa shape index (κ3) is 5.32. The van der Waals surface area contributed by atoms with E-state index in [4.69, 9.17) is 0 Å². The number of carbonyl (C=O) groups is 1. The van der Waals surface area contributed by atoms with Crippen LogP contribution < -0.4 is 5.32 Å². The number of amides is 1. The first kappa shape index (κ1) is 18.4. The molecule has 0 spiro atoms. The SMILES string of the molecule is C=C(C)CN(CC)CC(=O)NC(c1ccc(C)cc1)c1cccs1. The van der Waals surface area contributed by atoms with E-state index in [1.165, 1.54) is 5.56 Å². The smallest absolute Gasteiger partial charge is 0.234 e. The zero-order valence-corrected chi connectivity index (χ0v) is 15.5. The first-order valence-electron chi connectivity index (χ1n) is 8.25. The Bertz CT molecular complexity index is 661. The van der Waals surface area contributed by atoms with E-state index >= 15 is 0 Å². The summed E-state index contributed by atoms with van der Waals surface area (Å²) in [6.45, 7) is 12.0. The fourth-order valence-electron chi connectivity index (χ4n) is 2.60. The maximum Gasteiger partial charge on any atom is 0.234 e. The van der Waals surface area contributed by atoms with Gasteiger partial charge in [0, 0.05) is 11.4 Å². The Hall–Kier alpha value is -1.91. The van der Waals surface area contributed by atoms with Gasteiger partial charge in [0.05, 0.1) is 12.6 Å². The van der Waals surface area contributed by atoms with Crippen molar-refractivity contribution in [1.29, 1.82) is 0 Å². The second kappa shape index (κ2) is 8.81. The molecule has 0 bridgehead atoms. The molecule has 0 aliphatic carbocycles. The predicted molar refractivity (Wildman–Crippen MR) is 102 cm³/mol. The molecule has 0 radical (unpaired) electrons. The molecule has 24 heavy (non-hydrogen) atoms. The summed E-state index contributed by atoms with van der Waals surface area (Å²) >= 11 is 1.66. The number of benzene rings is 1. The van der Waals surface area contributed by atoms with Crippen LogP contribution in [0.15, 0.2) is 53.9 Å². The summed E-state index contributed by atoms with van der Waals surface area (Å²) in [6, 6.07) is 12.3. The van der Waals surface area contributed by atoms with Crippen LogP contribution in [0.3, 0.4) is 0 Å². The molecule has 2 rings (SSSR count). The number of thiophene rings is 1. The normalized spacial score (nSPS) is 12.2. The summed E-state index contributed by atoms with van der Waals surface area (Å²) in [5.41, 5.74) is 3.39. The summed E-state index contributed by atoms with van der Waals surface area (Å²) in [7, 11) is 0. The van der Waals surface area contributed by atoms with Crippen molar-refractivity contribution in [3.8, 4) is 0 Å². The van der Waals surface area contributed by atoms with Crippen molar-refractivity contribution in [3.05, 3.63) is 69.9 Å². The first-order chi connectivity index (χ1) is 11.5. The lowest BCUT2D eigenvalue weighted by Crippen LogP contribution is -2.39. The first-order valence-corrected chi connectivity index (χ1v) is 9.13. The Morgan fingerprint density at radius 2 is 1.96 bits per heavy atom. The maximum atomic E-state index is 12.6. The summed E-state index contributed by atoms with van der Waals surface area (Å²) < 4.78 is 0. The molecule has 4 heteroatoms. The number of nitrogens with one attached hydrogen (secondary N) is 1. The lowest BCUT2D eigenvalue weighted by atomic mass is 10.0. The molecule has 0 aliphatic heterocycles. The molecule has 0 saturated heterocycles. The van der Waals surface area contributed by atoms with Crippen LogP contribution in [0.1, 0.15) is 35.9 Å². The van der Waals surface area contributed by atoms with Gasteiger partial charge in [-0.15, -0.1) is 11.3 Å². The number of rotatable bonds is 8. The van der Waals surface area contributed by atoms with Gasteiger partial charge in [-0.05, 0) is 37.4 Å². The monoisotopic (exact) mass is 342 g/mol. The van der Waals surface area contributed by atoms with Crippen LogP contribution in [0, 0.1) is 6.92 Å². The van der Waals surface area contributed by atoms with Crippen molar-refractivity contribution in [2.45, 2.75) is 26.8 Å². The number of carbonyl (C=O) groups excluding carboxylic acids is 1. The fraction of sp³-hybridized carbons (Fsp3) is 0.350. The molecule has 1 atom stereocenters. The van der Waals surface area contributed by atoms with Gasteiger partial charge in [-0.3, -0.25) is 9.69 Å². The third-order valence-electron chi connectivity index (χ3n) is 3.85. The van der Waals surface area contributed by atoms with Gasteiger partial charge in [-0.2, -0.15) is 0 Å². The van der Waals surface area contributed by atoms with E-state index in [1.807, 2.05) is 18.4 Å². The van der Waals surface area contributed by atoms with Crippen LogP contribution in [0.2, 0.25) is 0 Å². The lowest BCUT2D eigenvalue weighted by molar-refractivity contribution is -0.122. The highest BCUT2D eigenvalue weighted by molar-refractivity contribution is 7.10. The van der Waals surface area contributed by atoms with Gasteiger partial charge in [-0.1, -0.05) is 55.0 Å². The Morgan fingerprint density at radius 1 is 1.25 bits per heavy atom. The third-order valence-corrected chi connectivity index (χ3v) is 4.79. The molecule has 1 heterocycles. The second-order valence-corrected chi connectivity index (χ2v) is 7.17. The van der Waals surface area contributed by atoms with Crippen molar-refractivity contribution in [2.75, 3.05) is 19.6 Å². The van der Waals surface area contributed by atoms with Crippen LogP contribution in [0.4, 0.5) is 0 Å². The summed E-state index contributed by atoms with van der Waals surface area (Å²) in [4.78, 5) is 15.8. The van der Waals surface area contributed by atoms with Gasteiger partial charge in [0.15, 0.2) is 0 Å². The number of hydrogen-bond donors (Lipinski definition) is 1. The van der Waals surface area contributed by atoms with Gasteiger partial charge in [0.25, 0.3) is 0 Å². The average Bonchev–Trinajstić information content (AvgIpc) is 3.06. The van der Waals surface area contributed by atoms with Gasteiger partial charge in [0.1, 0.15) is 0 Å². The van der Waals surface area contributed by atoms with Crippen molar-refractivity contribution < 1.29 is 4.79 Å². The highest BCUT2D eigenvalue weighted by atomic mass is 32.1. The minimum absolute atomic E-state index is 0.0390. The highest BCUT2D eigenvalue weighted by Crippen LogP contribution is 2.26. The van der Waals surface area contributed by atoms with Crippen LogP contribution in [0.25, 0.3) is 0 Å². The van der Waals surface area contributed by atoms with Gasteiger partial charge in [0.2, 0.25) is 5.91 Å². The Morgan fingerprint density at radius 3 is 2.50 bits per heavy atom. The molecule has 1 amide bonds. The van der Waals surface area contributed by atoms with E-state index in [0.29, 0.717) is 6.54 Å². The zero-order chi connectivity index (χ0) is 17.5. The number of hydrogen-bond acceptors (Lipinski definition) is 3. The van der Waals surface area contributed by atoms with Crippen molar-refractivity contribution in [1.82, 2.24) is 10.2 Å². The molecule has 128 valence electrons.